The van der Waals surface area contributed by atoms with Crippen LogP contribution < -0.4 is 0 Å². The number of fused-ring (bicyclic) bond motifs is 1. The maximum absolute atomic E-state index is 11.1. The molecule has 1 aliphatic heterocycles. The lowest BCUT2D eigenvalue weighted by molar-refractivity contribution is -0.272. The zero-order chi connectivity index (χ0) is 16.8. The molecule has 0 aromatic rings. The van der Waals surface area contributed by atoms with Gasteiger partial charge in [0.05, 0.1) is 25.4 Å². The number of aliphatic hydroxyl groups excluding tert-OH is 2. The average Bonchev–Trinajstić information content (AvgIpc) is 2.93. The van der Waals surface area contributed by atoms with Crippen LogP contribution in [-0.4, -0.2) is 41.4 Å². The van der Waals surface area contributed by atoms with Crippen molar-refractivity contribution in [1.82, 2.24) is 0 Å². The highest BCUT2D eigenvalue weighted by molar-refractivity contribution is 5.08. The monoisotopic (exact) mass is 324 g/mol. The number of hydrogen-bond acceptors (Lipinski definition) is 4. The van der Waals surface area contributed by atoms with E-state index in [2.05, 4.69) is 33.8 Å². The Bertz CT molecular complexity index is 464. The molecule has 132 valence electrons. The molecule has 0 amide bonds. The summed E-state index contributed by atoms with van der Waals surface area (Å²) in [6.07, 6.45) is 4.47. The van der Waals surface area contributed by atoms with Crippen LogP contribution in [0.3, 0.4) is 0 Å². The summed E-state index contributed by atoms with van der Waals surface area (Å²) in [6.45, 7) is 9.79. The minimum atomic E-state index is -0.519. The Morgan fingerprint density at radius 3 is 2.43 bits per heavy atom. The number of rotatable bonds is 2. The maximum Gasteiger partial charge on any atom is 0.171 e. The summed E-state index contributed by atoms with van der Waals surface area (Å²) in [5, 5.41) is 21.8. The van der Waals surface area contributed by atoms with E-state index in [4.69, 9.17) is 9.47 Å². The molecule has 0 aromatic heterocycles. The van der Waals surface area contributed by atoms with Gasteiger partial charge in [-0.2, -0.15) is 0 Å². The Hall–Kier alpha value is -0.420. The zero-order valence-electron chi connectivity index (χ0n) is 14.9. The number of hydrogen-bond donors (Lipinski definition) is 2. The molecular formula is C19H32O4. The Labute approximate surface area is 139 Å². The molecule has 6 atom stereocenters. The van der Waals surface area contributed by atoms with Crippen molar-refractivity contribution >= 4 is 0 Å². The molecule has 4 heteroatoms. The van der Waals surface area contributed by atoms with Gasteiger partial charge >= 0.3 is 0 Å². The standard InChI is InChI=1S/C19H32O4/c1-12(2)5-6-14-15(20)11-18(4)7-8-19(22-9-10-23-19)13(3)16(18)17(14)21/h5,13-17,20-21H,6-11H2,1-4H3/t13-,14?,15-,16+,17+,18+/m0/s1. The van der Waals surface area contributed by atoms with Gasteiger partial charge in [0, 0.05) is 18.3 Å². The first kappa shape index (κ1) is 17.4. The lowest BCUT2D eigenvalue weighted by Crippen LogP contribution is -2.61. The van der Waals surface area contributed by atoms with Gasteiger partial charge in [-0.15, -0.1) is 0 Å². The minimum Gasteiger partial charge on any atom is -0.393 e. The van der Waals surface area contributed by atoms with E-state index >= 15 is 0 Å². The summed E-state index contributed by atoms with van der Waals surface area (Å²) in [7, 11) is 0. The molecule has 3 rings (SSSR count). The van der Waals surface area contributed by atoms with Gasteiger partial charge in [0.25, 0.3) is 0 Å². The summed E-state index contributed by atoms with van der Waals surface area (Å²) < 4.78 is 12.0. The van der Waals surface area contributed by atoms with E-state index in [9.17, 15) is 10.2 Å². The second-order valence-electron chi connectivity index (χ2n) is 8.42. The van der Waals surface area contributed by atoms with Crippen molar-refractivity contribution in [1.29, 1.82) is 0 Å². The van der Waals surface area contributed by atoms with Crippen LogP contribution in [0.5, 0.6) is 0 Å². The molecule has 2 saturated carbocycles. The topological polar surface area (TPSA) is 58.9 Å². The fourth-order valence-electron chi connectivity index (χ4n) is 5.35. The molecule has 0 aromatic carbocycles. The molecular weight excluding hydrogens is 292 g/mol. The molecule has 1 spiro atoms. The third-order valence-electron chi connectivity index (χ3n) is 6.63. The quantitative estimate of drug-likeness (QED) is 0.767. The smallest absolute Gasteiger partial charge is 0.171 e. The van der Waals surface area contributed by atoms with E-state index in [1.165, 1.54) is 5.57 Å². The Balaban J connectivity index is 1.86. The molecule has 0 radical (unpaired) electrons. The third-order valence-corrected chi connectivity index (χ3v) is 6.63. The van der Waals surface area contributed by atoms with Crippen molar-refractivity contribution < 1.29 is 19.7 Å². The van der Waals surface area contributed by atoms with Crippen molar-refractivity contribution in [2.45, 2.75) is 71.4 Å². The molecule has 23 heavy (non-hydrogen) atoms. The highest BCUT2D eigenvalue weighted by Crippen LogP contribution is 2.58. The van der Waals surface area contributed by atoms with Crippen LogP contribution in [0.2, 0.25) is 0 Å². The summed E-state index contributed by atoms with van der Waals surface area (Å²) in [5.41, 5.74) is 1.19. The van der Waals surface area contributed by atoms with Gasteiger partial charge in [0.2, 0.25) is 0 Å². The first-order valence-corrected chi connectivity index (χ1v) is 9.06. The van der Waals surface area contributed by atoms with Gasteiger partial charge in [0.15, 0.2) is 5.79 Å². The summed E-state index contributed by atoms with van der Waals surface area (Å²) in [5.74, 6) is -0.370. The largest absolute Gasteiger partial charge is 0.393 e. The van der Waals surface area contributed by atoms with E-state index in [-0.39, 0.29) is 23.2 Å². The maximum atomic E-state index is 11.1. The second-order valence-corrected chi connectivity index (χ2v) is 8.42. The Morgan fingerprint density at radius 1 is 1.17 bits per heavy atom. The van der Waals surface area contributed by atoms with Gasteiger partial charge in [-0.1, -0.05) is 25.5 Å². The third kappa shape index (κ3) is 2.88. The van der Waals surface area contributed by atoms with E-state index in [0.29, 0.717) is 13.2 Å². The van der Waals surface area contributed by atoms with E-state index in [0.717, 1.165) is 25.7 Å². The second kappa shape index (κ2) is 6.14. The van der Waals surface area contributed by atoms with Crippen molar-refractivity contribution in [3.63, 3.8) is 0 Å². The number of aliphatic hydroxyl groups is 2. The molecule has 4 nitrogen and oxygen atoms in total. The molecule has 1 unspecified atom stereocenters. The Kier molecular flexibility index (Phi) is 4.65. The van der Waals surface area contributed by atoms with Gasteiger partial charge in [0.1, 0.15) is 0 Å². The fourth-order valence-corrected chi connectivity index (χ4v) is 5.35. The normalized spacial score (nSPS) is 45.7. The van der Waals surface area contributed by atoms with Gasteiger partial charge in [-0.3, -0.25) is 0 Å². The predicted molar refractivity (Wildman–Crippen MR) is 88.8 cm³/mol. The van der Waals surface area contributed by atoms with Gasteiger partial charge in [-0.05, 0) is 44.4 Å². The van der Waals surface area contributed by atoms with Gasteiger partial charge in [-0.25, -0.2) is 0 Å². The van der Waals surface area contributed by atoms with E-state index in [1.54, 1.807) is 0 Å². The van der Waals surface area contributed by atoms with E-state index in [1.807, 2.05) is 0 Å². The molecule has 3 aliphatic rings. The fraction of sp³-hybridized carbons (Fsp3) is 0.895. The highest BCUT2D eigenvalue weighted by Gasteiger charge is 2.60. The van der Waals surface area contributed by atoms with E-state index < -0.39 is 18.0 Å². The molecule has 1 heterocycles. The molecule has 0 bridgehead atoms. The lowest BCUT2D eigenvalue weighted by Gasteiger charge is -2.58. The highest BCUT2D eigenvalue weighted by atomic mass is 16.7. The first-order chi connectivity index (χ1) is 10.8. The predicted octanol–water partition coefficient (Wildman–Crippen LogP) is 2.88. The van der Waals surface area contributed by atoms with Crippen molar-refractivity contribution in [3.8, 4) is 0 Å². The molecule has 2 N–H and O–H groups in total. The zero-order valence-corrected chi connectivity index (χ0v) is 14.9. The minimum absolute atomic E-state index is 0.0414. The van der Waals surface area contributed by atoms with Crippen LogP contribution in [0.25, 0.3) is 0 Å². The first-order valence-electron chi connectivity index (χ1n) is 9.06. The van der Waals surface area contributed by atoms with Crippen LogP contribution in [0.15, 0.2) is 11.6 Å². The van der Waals surface area contributed by atoms with Crippen LogP contribution in [0.4, 0.5) is 0 Å². The van der Waals surface area contributed by atoms with Crippen molar-refractivity contribution in [2.24, 2.45) is 23.2 Å². The molecule has 2 aliphatic carbocycles. The van der Waals surface area contributed by atoms with Crippen molar-refractivity contribution in [2.75, 3.05) is 13.2 Å². The number of allylic oxidation sites excluding steroid dienone is 2. The summed E-state index contributed by atoms with van der Waals surface area (Å²) in [4.78, 5) is 0. The SMILES string of the molecule is CC(C)=CCC1[C@@H](O)[C@H]2[C@H](C)C3(CC[C@]2(C)C[C@@H]1O)OCCO3. The van der Waals surface area contributed by atoms with Gasteiger partial charge < -0.3 is 19.7 Å². The summed E-state index contributed by atoms with van der Waals surface area (Å²) >= 11 is 0. The van der Waals surface area contributed by atoms with Crippen LogP contribution in [-0.2, 0) is 9.47 Å². The lowest BCUT2D eigenvalue weighted by atomic mass is 9.51. The Morgan fingerprint density at radius 2 is 1.83 bits per heavy atom. The summed E-state index contributed by atoms with van der Waals surface area (Å²) in [6, 6.07) is 0. The van der Waals surface area contributed by atoms with Crippen LogP contribution in [0.1, 0.15) is 53.4 Å². The number of ether oxygens (including phenoxy) is 2. The van der Waals surface area contributed by atoms with Crippen molar-refractivity contribution in [3.05, 3.63) is 11.6 Å². The molecule has 3 fully saturated rings. The average molecular weight is 324 g/mol. The molecule has 1 saturated heterocycles. The van der Waals surface area contributed by atoms with Crippen LogP contribution in [0, 0.1) is 23.2 Å². The van der Waals surface area contributed by atoms with Crippen LogP contribution >= 0.6 is 0 Å².